The third-order valence-corrected chi connectivity index (χ3v) is 5.36. The third kappa shape index (κ3) is 4.31. The molecule has 1 atom stereocenters. The van der Waals surface area contributed by atoms with Crippen LogP contribution in [0, 0.1) is 5.41 Å². The maximum Gasteiger partial charge on any atom is 0.247 e. The van der Waals surface area contributed by atoms with E-state index in [4.69, 9.17) is 10.1 Å². The first kappa shape index (κ1) is 19.0. The van der Waals surface area contributed by atoms with Crippen LogP contribution in [0.1, 0.15) is 18.9 Å². The van der Waals surface area contributed by atoms with Crippen LogP contribution in [-0.4, -0.2) is 29.3 Å². The molecule has 2 aromatic rings. The molecule has 1 heterocycles. The SMILES string of the molecule is CCc1ccc(N2C(=N)S[C@@H](CC(=O)Nc3ccc(OC)cc3)C2=O)cc1. The maximum atomic E-state index is 12.7. The molecule has 2 amide bonds. The second kappa shape index (κ2) is 8.26. The average Bonchev–Trinajstić information content (AvgIpc) is 2.95. The van der Waals surface area contributed by atoms with Crippen molar-refractivity contribution in [3.63, 3.8) is 0 Å². The van der Waals surface area contributed by atoms with Gasteiger partial charge in [-0.1, -0.05) is 30.8 Å². The summed E-state index contributed by atoms with van der Waals surface area (Å²) >= 11 is 1.11. The third-order valence-electron chi connectivity index (χ3n) is 4.30. The van der Waals surface area contributed by atoms with Crippen molar-refractivity contribution in [2.24, 2.45) is 0 Å². The highest BCUT2D eigenvalue weighted by atomic mass is 32.2. The fourth-order valence-electron chi connectivity index (χ4n) is 2.79. The van der Waals surface area contributed by atoms with E-state index in [1.165, 1.54) is 10.5 Å². The summed E-state index contributed by atoms with van der Waals surface area (Å²) in [6, 6.07) is 14.6. The second-order valence-corrected chi connectivity index (χ2v) is 7.28. The Labute approximate surface area is 162 Å². The van der Waals surface area contributed by atoms with Crippen LogP contribution in [0.15, 0.2) is 48.5 Å². The normalized spacial score (nSPS) is 16.5. The van der Waals surface area contributed by atoms with Crippen LogP contribution >= 0.6 is 11.8 Å². The zero-order chi connectivity index (χ0) is 19.4. The number of methoxy groups -OCH3 is 1. The van der Waals surface area contributed by atoms with Crippen LogP contribution in [0.4, 0.5) is 11.4 Å². The number of nitrogens with zero attached hydrogens (tertiary/aromatic N) is 1. The van der Waals surface area contributed by atoms with Gasteiger partial charge >= 0.3 is 0 Å². The van der Waals surface area contributed by atoms with Gasteiger partial charge in [-0.25, -0.2) is 0 Å². The van der Waals surface area contributed by atoms with Crippen LogP contribution in [-0.2, 0) is 16.0 Å². The lowest BCUT2D eigenvalue weighted by atomic mass is 10.1. The van der Waals surface area contributed by atoms with Crippen molar-refractivity contribution >= 4 is 40.1 Å². The maximum absolute atomic E-state index is 12.7. The minimum atomic E-state index is -0.596. The minimum absolute atomic E-state index is 0.0153. The van der Waals surface area contributed by atoms with E-state index in [0.29, 0.717) is 17.1 Å². The molecule has 0 spiro atoms. The second-order valence-electron chi connectivity index (χ2n) is 6.09. The van der Waals surface area contributed by atoms with Crippen molar-refractivity contribution in [3.8, 4) is 5.75 Å². The zero-order valence-electron chi connectivity index (χ0n) is 15.2. The number of benzene rings is 2. The summed E-state index contributed by atoms with van der Waals surface area (Å²) < 4.78 is 5.09. The Bertz CT molecular complexity index is 850. The van der Waals surface area contributed by atoms with E-state index in [1.807, 2.05) is 24.3 Å². The average molecular weight is 383 g/mol. The number of aryl methyl sites for hydroxylation is 1. The van der Waals surface area contributed by atoms with Crippen LogP contribution in [0.25, 0.3) is 0 Å². The standard InChI is InChI=1S/C20H21N3O3S/c1-3-13-4-8-15(9-5-13)23-19(25)17(27-20(23)21)12-18(24)22-14-6-10-16(26-2)11-7-14/h4-11,17,21H,3,12H2,1-2H3,(H,22,24)/t17-/m0/s1. The molecule has 27 heavy (non-hydrogen) atoms. The van der Waals surface area contributed by atoms with E-state index < -0.39 is 5.25 Å². The van der Waals surface area contributed by atoms with Crippen molar-refractivity contribution in [1.29, 1.82) is 5.41 Å². The van der Waals surface area contributed by atoms with Crippen molar-refractivity contribution in [2.45, 2.75) is 25.0 Å². The number of hydrogen-bond acceptors (Lipinski definition) is 5. The lowest BCUT2D eigenvalue weighted by Gasteiger charge is -2.16. The van der Waals surface area contributed by atoms with E-state index in [0.717, 1.165) is 18.2 Å². The first-order valence-corrected chi connectivity index (χ1v) is 9.51. The number of nitrogens with one attached hydrogen (secondary N) is 2. The van der Waals surface area contributed by atoms with Gasteiger partial charge in [-0.2, -0.15) is 0 Å². The lowest BCUT2D eigenvalue weighted by molar-refractivity contribution is -0.121. The van der Waals surface area contributed by atoms with Gasteiger partial charge in [0.2, 0.25) is 11.8 Å². The Hall–Kier alpha value is -2.80. The van der Waals surface area contributed by atoms with Crippen molar-refractivity contribution in [1.82, 2.24) is 0 Å². The van der Waals surface area contributed by atoms with Crippen LogP contribution in [0.3, 0.4) is 0 Å². The van der Waals surface area contributed by atoms with Crippen molar-refractivity contribution in [3.05, 3.63) is 54.1 Å². The Balaban J connectivity index is 1.64. The molecule has 0 radical (unpaired) electrons. The molecule has 2 aromatic carbocycles. The first-order chi connectivity index (χ1) is 13.0. The molecule has 0 aliphatic carbocycles. The molecule has 7 heteroatoms. The van der Waals surface area contributed by atoms with E-state index in [9.17, 15) is 9.59 Å². The Morgan fingerprint density at radius 3 is 2.44 bits per heavy atom. The number of ether oxygens (including phenoxy) is 1. The summed E-state index contributed by atoms with van der Waals surface area (Å²) in [6.45, 7) is 2.06. The minimum Gasteiger partial charge on any atom is -0.497 e. The molecular formula is C20H21N3O3S. The molecule has 6 nitrogen and oxygen atoms in total. The summed E-state index contributed by atoms with van der Waals surface area (Å²) in [6.07, 6.45) is 0.927. The highest BCUT2D eigenvalue weighted by molar-refractivity contribution is 8.16. The highest BCUT2D eigenvalue weighted by Crippen LogP contribution is 2.33. The van der Waals surface area contributed by atoms with Crippen LogP contribution in [0.2, 0.25) is 0 Å². The number of rotatable bonds is 6. The summed E-state index contributed by atoms with van der Waals surface area (Å²) in [5, 5.41) is 10.5. The topological polar surface area (TPSA) is 82.5 Å². The van der Waals surface area contributed by atoms with E-state index >= 15 is 0 Å². The molecule has 140 valence electrons. The largest absolute Gasteiger partial charge is 0.497 e. The fraction of sp³-hybridized carbons (Fsp3) is 0.250. The van der Waals surface area contributed by atoms with Gasteiger partial charge in [-0.15, -0.1) is 0 Å². The summed E-state index contributed by atoms with van der Waals surface area (Å²) in [5.41, 5.74) is 2.46. The van der Waals surface area contributed by atoms with Gasteiger partial charge < -0.3 is 10.1 Å². The predicted octanol–water partition coefficient (Wildman–Crippen LogP) is 3.67. The van der Waals surface area contributed by atoms with Crippen LogP contribution in [0.5, 0.6) is 5.75 Å². The van der Waals surface area contributed by atoms with Crippen LogP contribution < -0.4 is 15.0 Å². The number of amidine groups is 1. The van der Waals surface area contributed by atoms with E-state index in [2.05, 4.69) is 12.2 Å². The van der Waals surface area contributed by atoms with E-state index in [1.54, 1.807) is 31.4 Å². The molecule has 3 rings (SSSR count). The van der Waals surface area contributed by atoms with Gasteiger partial charge in [0.15, 0.2) is 5.17 Å². The molecule has 1 fully saturated rings. The molecule has 0 unspecified atom stereocenters. The van der Waals surface area contributed by atoms with Gasteiger partial charge in [0.25, 0.3) is 0 Å². The molecule has 1 saturated heterocycles. The number of thioether (sulfide) groups is 1. The summed E-state index contributed by atoms with van der Waals surface area (Å²) in [7, 11) is 1.58. The number of hydrogen-bond donors (Lipinski definition) is 2. The summed E-state index contributed by atoms with van der Waals surface area (Å²) in [4.78, 5) is 26.4. The van der Waals surface area contributed by atoms with E-state index in [-0.39, 0.29) is 23.4 Å². The quantitative estimate of drug-likeness (QED) is 0.797. The van der Waals surface area contributed by atoms with Gasteiger partial charge in [-0.3, -0.25) is 19.9 Å². The molecule has 1 aliphatic heterocycles. The Kier molecular flexibility index (Phi) is 5.81. The fourth-order valence-corrected chi connectivity index (χ4v) is 3.80. The zero-order valence-corrected chi connectivity index (χ0v) is 16.0. The number of amides is 2. The molecule has 0 bridgehead atoms. The van der Waals surface area contributed by atoms with Gasteiger partial charge in [0.1, 0.15) is 11.0 Å². The molecule has 2 N–H and O–H groups in total. The van der Waals surface area contributed by atoms with Gasteiger partial charge in [0, 0.05) is 12.1 Å². The molecule has 0 aromatic heterocycles. The predicted molar refractivity (Wildman–Crippen MR) is 109 cm³/mol. The number of carbonyl (C=O) groups is 2. The number of carbonyl (C=O) groups excluding carboxylic acids is 2. The summed E-state index contributed by atoms with van der Waals surface area (Å²) in [5.74, 6) is 0.203. The first-order valence-electron chi connectivity index (χ1n) is 8.64. The highest BCUT2D eigenvalue weighted by Gasteiger charge is 2.39. The molecule has 0 saturated carbocycles. The Morgan fingerprint density at radius 1 is 1.19 bits per heavy atom. The molecule has 1 aliphatic rings. The smallest absolute Gasteiger partial charge is 0.247 e. The lowest BCUT2D eigenvalue weighted by Crippen LogP contribution is -2.33. The number of anilines is 2. The van der Waals surface area contributed by atoms with Gasteiger partial charge in [-0.05, 0) is 48.4 Å². The van der Waals surface area contributed by atoms with Crippen molar-refractivity contribution in [2.75, 3.05) is 17.3 Å². The Morgan fingerprint density at radius 2 is 1.85 bits per heavy atom. The molecular weight excluding hydrogens is 362 g/mol. The monoisotopic (exact) mass is 383 g/mol. The van der Waals surface area contributed by atoms with Crippen molar-refractivity contribution < 1.29 is 14.3 Å². The van der Waals surface area contributed by atoms with Gasteiger partial charge in [0.05, 0.1) is 12.8 Å².